The van der Waals surface area contributed by atoms with E-state index in [-0.39, 0.29) is 23.3 Å². The summed E-state index contributed by atoms with van der Waals surface area (Å²) in [5, 5.41) is 0. The molecule has 0 spiro atoms. The summed E-state index contributed by atoms with van der Waals surface area (Å²) < 4.78 is 3.09. The van der Waals surface area contributed by atoms with E-state index in [4.69, 9.17) is 5.73 Å². The van der Waals surface area contributed by atoms with Crippen LogP contribution in [0.5, 0.6) is 0 Å². The molecule has 0 aliphatic heterocycles. The van der Waals surface area contributed by atoms with Gasteiger partial charge in [0.25, 0.3) is 5.56 Å². The molecule has 0 radical (unpaired) electrons. The number of nitrogen functional groups attached to an aromatic ring is 1. The molecule has 0 atom stereocenters. The number of nitrogens with two attached hydrogens (primary N) is 1. The number of aromatic nitrogens is 2. The van der Waals surface area contributed by atoms with Crippen LogP contribution in [-0.4, -0.2) is 9.13 Å². The van der Waals surface area contributed by atoms with Gasteiger partial charge in [-0.15, -0.1) is 0 Å². The molecule has 2 N–H and O–H groups in total. The third-order valence-electron chi connectivity index (χ3n) is 4.48. The van der Waals surface area contributed by atoms with Crippen LogP contribution in [-0.2, 0) is 0 Å². The molecule has 18 heavy (non-hydrogen) atoms. The highest BCUT2D eigenvalue weighted by Crippen LogP contribution is 2.33. The molecule has 5 nitrogen and oxygen atoms in total. The Morgan fingerprint density at radius 2 is 1.50 bits per heavy atom. The van der Waals surface area contributed by atoms with Gasteiger partial charge in [0.05, 0.1) is 5.56 Å². The van der Waals surface area contributed by atoms with E-state index in [2.05, 4.69) is 0 Å². The van der Waals surface area contributed by atoms with Crippen LogP contribution in [0.4, 0.5) is 5.82 Å². The predicted molar refractivity (Wildman–Crippen MR) is 69.9 cm³/mol. The normalized spacial score (nSPS) is 20.5. The topological polar surface area (TPSA) is 70.0 Å². The molecule has 98 valence electrons. The molecular weight excluding hydrogens is 230 g/mol. The second kappa shape index (κ2) is 4.00. The lowest BCUT2D eigenvalue weighted by atomic mass is 9.91. The number of rotatable bonds is 2. The van der Waals surface area contributed by atoms with Crippen molar-refractivity contribution in [3.05, 3.63) is 26.4 Å². The van der Waals surface area contributed by atoms with Crippen molar-refractivity contribution in [1.82, 2.24) is 9.13 Å². The van der Waals surface area contributed by atoms with Gasteiger partial charge in [-0.1, -0.05) is 0 Å². The number of nitrogens with zero attached hydrogens (tertiary/aromatic N) is 2. The fourth-order valence-corrected chi connectivity index (χ4v) is 2.74. The maximum atomic E-state index is 12.5. The van der Waals surface area contributed by atoms with Crippen LogP contribution in [0.15, 0.2) is 9.59 Å². The Balaban J connectivity index is 2.22. The van der Waals surface area contributed by atoms with Crippen LogP contribution >= 0.6 is 0 Å². The number of anilines is 1. The summed E-state index contributed by atoms with van der Waals surface area (Å²) >= 11 is 0. The smallest absolute Gasteiger partial charge is 0.333 e. The molecule has 2 saturated carbocycles. The summed E-state index contributed by atoms with van der Waals surface area (Å²) in [6.07, 6.45) is 6.09. The lowest BCUT2D eigenvalue weighted by Gasteiger charge is -2.33. The van der Waals surface area contributed by atoms with Crippen molar-refractivity contribution < 1.29 is 0 Å². The Morgan fingerprint density at radius 3 is 1.94 bits per heavy atom. The van der Waals surface area contributed by atoms with Crippen LogP contribution in [0.2, 0.25) is 0 Å². The van der Waals surface area contributed by atoms with Crippen LogP contribution < -0.4 is 17.0 Å². The Kier molecular flexibility index (Phi) is 2.57. The fraction of sp³-hybridized carbons (Fsp3) is 0.692. The average molecular weight is 249 g/mol. The molecule has 0 aromatic carbocycles. The van der Waals surface area contributed by atoms with Gasteiger partial charge in [-0.3, -0.25) is 13.9 Å². The van der Waals surface area contributed by atoms with Gasteiger partial charge in [-0.2, -0.15) is 0 Å². The first kappa shape index (κ1) is 11.6. The summed E-state index contributed by atoms with van der Waals surface area (Å²) in [7, 11) is 0. The number of hydrogen-bond donors (Lipinski definition) is 1. The van der Waals surface area contributed by atoms with E-state index in [1.54, 1.807) is 11.5 Å². The largest absolute Gasteiger partial charge is 0.385 e. The first-order valence-electron chi connectivity index (χ1n) is 6.74. The Bertz CT molecular complexity index is 591. The van der Waals surface area contributed by atoms with Gasteiger partial charge < -0.3 is 5.73 Å². The number of hydrogen-bond acceptors (Lipinski definition) is 3. The van der Waals surface area contributed by atoms with E-state index in [0.717, 1.165) is 38.5 Å². The summed E-state index contributed by atoms with van der Waals surface area (Å²) in [5.41, 5.74) is 6.10. The van der Waals surface area contributed by atoms with Crippen molar-refractivity contribution in [3.8, 4) is 0 Å². The van der Waals surface area contributed by atoms with Crippen molar-refractivity contribution in [2.24, 2.45) is 0 Å². The maximum Gasteiger partial charge on any atom is 0.333 e. The standard InChI is InChI=1S/C13H19N3O2/c1-8-11(14)15(9-4-2-5-9)13(18)16(12(8)17)10-6-3-7-10/h9-10H,2-7,14H2,1H3. The van der Waals surface area contributed by atoms with Crippen molar-refractivity contribution >= 4 is 5.82 Å². The molecule has 5 heteroatoms. The van der Waals surface area contributed by atoms with Crippen LogP contribution in [0.3, 0.4) is 0 Å². The minimum absolute atomic E-state index is 0.0932. The van der Waals surface area contributed by atoms with Gasteiger partial charge in [0.2, 0.25) is 0 Å². The highest BCUT2D eigenvalue weighted by atomic mass is 16.2. The zero-order chi connectivity index (χ0) is 12.9. The van der Waals surface area contributed by atoms with Gasteiger partial charge in [-0.25, -0.2) is 4.79 Å². The van der Waals surface area contributed by atoms with Crippen molar-refractivity contribution in [3.63, 3.8) is 0 Å². The Hall–Kier alpha value is -1.52. The third kappa shape index (κ3) is 1.46. The molecule has 1 aromatic heterocycles. The fourth-order valence-electron chi connectivity index (χ4n) is 2.74. The Morgan fingerprint density at radius 1 is 1.00 bits per heavy atom. The predicted octanol–water partition coefficient (Wildman–Crippen LogP) is 1.35. The lowest BCUT2D eigenvalue weighted by molar-refractivity contribution is 0.261. The quantitative estimate of drug-likeness (QED) is 0.860. The van der Waals surface area contributed by atoms with Crippen LogP contribution in [0.1, 0.15) is 56.2 Å². The van der Waals surface area contributed by atoms with E-state index >= 15 is 0 Å². The molecule has 3 rings (SSSR count). The second-order valence-electron chi connectivity index (χ2n) is 5.51. The first-order chi connectivity index (χ1) is 8.61. The van der Waals surface area contributed by atoms with Crippen LogP contribution in [0.25, 0.3) is 0 Å². The van der Waals surface area contributed by atoms with Crippen LogP contribution in [0, 0.1) is 6.92 Å². The summed E-state index contributed by atoms with van der Waals surface area (Å²) in [6, 6.07) is 0.291. The van der Waals surface area contributed by atoms with Crippen molar-refractivity contribution in [2.45, 2.75) is 57.5 Å². The molecule has 0 saturated heterocycles. The highest BCUT2D eigenvalue weighted by Gasteiger charge is 2.29. The van der Waals surface area contributed by atoms with Crippen molar-refractivity contribution in [1.29, 1.82) is 0 Å². The van der Waals surface area contributed by atoms with Gasteiger partial charge in [-0.05, 0) is 45.4 Å². The van der Waals surface area contributed by atoms with Gasteiger partial charge in [0.1, 0.15) is 5.82 Å². The molecule has 0 amide bonds. The molecule has 1 heterocycles. The maximum absolute atomic E-state index is 12.5. The third-order valence-corrected chi connectivity index (χ3v) is 4.48. The van der Waals surface area contributed by atoms with E-state index in [9.17, 15) is 9.59 Å². The molecular formula is C13H19N3O2. The zero-order valence-electron chi connectivity index (χ0n) is 10.7. The average Bonchev–Trinajstić information content (AvgIpc) is 2.22. The minimum atomic E-state index is -0.197. The SMILES string of the molecule is Cc1c(N)n(C2CCC2)c(=O)n(C2CCC2)c1=O. The monoisotopic (exact) mass is 249 g/mol. The zero-order valence-corrected chi connectivity index (χ0v) is 10.7. The highest BCUT2D eigenvalue weighted by molar-refractivity contribution is 5.38. The molecule has 2 fully saturated rings. The second-order valence-corrected chi connectivity index (χ2v) is 5.51. The minimum Gasteiger partial charge on any atom is -0.385 e. The van der Waals surface area contributed by atoms with E-state index in [1.165, 1.54) is 4.57 Å². The first-order valence-corrected chi connectivity index (χ1v) is 6.74. The summed E-state index contributed by atoms with van der Waals surface area (Å²) in [4.78, 5) is 24.7. The molecule has 0 bridgehead atoms. The van der Waals surface area contributed by atoms with Gasteiger partial charge >= 0.3 is 5.69 Å². The van der Waals surface area contributed by atoms with E-state index < -0.39 is 0 Å². The lowest BCUT2D eigenvalue weighted by Crippen LogP contribution is -2.47. The molecule has 1 aromatic rings. The molecule has 0 unspecified atom stereocenters. The molecule has 2 aliphatic rings. The summed E-state index contributed by atoms with van der Waals surface area (Å²) in [5.74, 6) is 0.366. The van der Waals surface area contributed by atoms with Crippen molar-refractivity contribution in [2.75, 3.05) is 5.73 Å². The van der Waals surface area contributed by atoms with Gasteiger partial charge in [0, 0.05) is 12.1 Å². The van der Waals surface area contributed by atoms with E-state index in [0.29, 0.717) is 11.4 Å². The molecule has 2 aliphatic carbocycles. The van der Waals surface area contributed by atoms with Gasteiger partial charge in [0.15, 0.2) is 0 Å². The summed E-state index contributed by atoms with van der Waals surface area (Å²) in [6.45, 7) is 1.72. The Labute approximate surface area is 105 Å². The van der Waals surface area contributed by atoms with E-state index in [1.807, 2.05) is 0 Å².